The average Bonchev–Trinajstić information content (AvgIpc) is 2.47. The van der Waals surface area contributed by atoms with Gasteiger partial charge in [-0.2, -0.15) is 0 Å². The van der Waals surface area contributed by atoms with Crippen LogP contribution in [0.2, 0.25) is 0 Å². The van der Waals surface area contributed by atoms with Gasteiger partial charge in [0.15, 0.2) is 5.78 Å². The van der Waals surface area contributed by atoms with Crippen LogP contribution in [0.3, 0.4) is 0 Å². The molecule has 0 aromatic heterocycles. The largest absolute Gasteiger partial charge is 0.368 e. The minimum absolute atomic E-state index is 0.304. The highest BCUT2D eigenvalue weighted by atomic mass is 16.5. The first-order chi connectivity index (χ1) is 9.27. The molecule has 0 heterocycles. The van der Waals surface area contributed by atoms with E-state index in [9.17, 15) is 4.79 Å². The van der Waals surface area contributed by atoms with Crippen molar-refractivity contribution in [3.8, 4) is 0 Å². The standard InChI is InChI=1S/C17H24O2/c1-2-19-17(13-7-4-8-14-17)16(18)12-11-15-9-5-3-6-10-15/h3,5-6,9-10H,2,4,7-8,11-14H2,1H3. The predicted molar refractivity (Wildman–Crippen MR) is 77.2 cm³/mol. The van der Waals surface area contributed by atoms with Gasteiger partial charge in [-0.05, 0) is 31.7 Å². The van der Waals surface area contributed by atoms with Gasteiger partial charge in [-0.1, -0.05) is 49.6 Å². The van der Waals surface area contributed by atoms with Crippen molar-refractivity contribution in [2.75, 3.05) is 6.61 Å². The lowest BCUT2D eigenvalue weighted by molar-refractivity contribution is -0.149. The molecule has 0 unspecified atom stereocenters. The van der Waals surface area contributed by atoms with E-state index >= 15 is 0 Å². The maximum atomic E-state index is 12.6. The highest BCUT2D eigenvalue weighted by molar-refractivity contribution is 5.87. The topological polar surface area (TPSA) is 26.3 Å². The Kier molecular flexibility index (Phi) is 5.15. The lowest BCUT2D eigenvalue weighted by Crippen LogP contribution is -2.43. The molecule has 19 heavy (non-hydrogen) atoms. The lowest BCUT2D eigenvalue weighted by atomic mass is 9.80. The molecule has 0 atom stereocenters. The zero-order valence-corrected chi connectivity index (χ0v) is 11.9. The zero-order chi connectivity index (χ0) is 13.6. The molecule has 1 aromatic rings. The van der Waals surface area contributed by atoms with E-state index in [1.807, 2.05) is 25.1 Å². The quantitative estimate of drug-likeness (QED) is 0.774. The third-order valence-electron chi connectivity index (χ3n) is 4.07. The maximum Gasteiger partial charge on any atom is 0.164 e. The molecule has 2 rings (SSSR count). The number of aryl methyl sites for hydroxylation is 1. The Morgan fingerprint density at radius 2 is 1.84 bits per heavy atom. The van der Waals surface area contributed by atoms with E-state index in [2.05, 4.69) is 12.1 Å². The Labute approximate surface area is 116 Å². The van der Waals surface area contributed by atoms with Crippen LogP contribution in [-0.4, -0.2) is 18.0 Å². The van der Waals surface area contributed by atoms with Crippen LogP contribution in [0.5, 0.6) is 0 Å². The molecule has 0 aliphatic heterocycles. The molecule has 1 saturated carbocycles. The van der Waals surface area contributed by atoms with Gasteiger partial charge in [0.25, 0.3) is 0 Å². The third-order valence-corrected chi connectivity index (χ3v) is 4.07. The van der Waals surface area contributed by atoms with Gasteiger partial charge in [-0.15, -0.1) is 0 Å². The van der Waals surface area contributed by atoms with Crippen molar-refractivity contribution >= 4 is 5.78 Å². The number of hydrogen-bond acceptors (Lipinski definition) is 2. The molecular weight excluding hydrogens is 236 g/mol. The Morgan fingerprint density at radius 1 is 1.16 bits per heavy atom. The molecule has 104 valence electrons. The summed E-state index contributed by atoms with van der Waals surface area (Å²) >= 11 is 0. The zero-order valence-electron chi connectivity index (χ0n) is 11.9. The second kappa shape index (κ2) is 6.85. The molecule has 2 nitrogen and oxygen atoms in total. The van der Waals surface area contributed by atoms with Gasteiger partial charge < -0.3 is 4.74 Å². The van der Waals surface area contributed by atoms with Crippen molar-refractivity contribution in [1.29, 1.82) is 0 Å². The molecule has 1 aliphatic rings. The van der Waals surface area contributed by atoms with Crippen LogP contribution in [0.4, 0.5) is 0 Å². The van der Waals surface area contributed by atoms with Crippen molar-refractivity contribution < 1.29 is 9.53 Å². The monoisotopic (exact) mass is 260 g/mol. The van der Waals surface area contributed by atoms with Crippen LogP contribution in [0.15, 0.2) is 30.3 Å². The highest BCUT2D eigenvalue weighted by Crippen LogP contribution is 2.33. The summed E-state index contributed by atoms with van der Waals surface area (Å²) in [6.07, 6.45) is 6.73. The van der Waals surface area contributed by atoms with E-state index in [1.165, 1.54) is 12.0 Å². The minimum Gasteiger partial charge on any atom is -0.368 e. The fourth-order valence-corrected chi connectivity index (χ4v) is 3.03. The summed E-state index contributed by atoms with van der Waals surface area (Å²) in [4.78, 5) is 12.6. The molecule has 1 aliphatic carbocycles. The van der Waals surface area contributed by atoms with Crippen molar-refractivity contribution in [3.63, 3.8) is 0 Å². The number of rotatable bonds is 6. The van der Waals surface area contributed by atoms with E-state index < -0.39 is 5.60 Å². The highest BCUT2D eigenvalue weighted by Gasteiger charge is 2.39. The predicted octanol–water partition coefficient (Wildman–Crippen LogP) is 3.93. The molecule has 0 spiro atoms. The van der Waals surface area contributed by atoms with E-state index in [4.69, 9.17) is 4.74 Å². The number of carbonyl (C=O) groups excluding carboxylic acids is 1. The van der Waals surface area contributed by atoms with Crippen LogP contribution in [0, 0.1) is 0 Å². The summed E-state index contributed by atoms with van der Waals surface area (Å²) in [5, 5.41) is 0. The Morgan fingerprint density at radius 3 is 2.47 bits per heavy atom. The molecule has 0 saturated heterocycles. The molecule has 0 amide bonds. The number of ketones is 1. The van der Waals surface area contributed by atoms with E-state index in [0.29, 0.717) is 18.8 Å². The first-order valence-corrected chi connectivity index (χ1v) is 7.48. The fraction of sp³-hybridized carbons (Fsp3) is 0.588. The van der Waals surface area contributed by atoms with E-state index in [1.54, 1.807) is 0 Å². The Balaban J connectivity index is 1.96. The first kappa shape index (κ1) is 14.3. The lowest BCUT2D eigenvalue weighted by Gasteiger charge is -2.35. The van der Waals surface area contributed by atoms with Gasteiger partial charge in [-0.3, -0.25) is 4.79 Å². The average molecular weight is 260 g/mol. The van der Waals surface area contributed by atoms with Gasteiger partial charge in [0.05, 0.1) is 0 Å². The summed E-state index contributed by atoms with van der Waals surface area (Å²) < 4.78 is 5.87. The Hall–Kier alpha value is -1.15. The summed E-state index contributed by atoms with van der Waals surface area (Å²) in [7, 11) is 0. The third kappa shape index (κ3) is 3.66. The molecule has 0 bridgehead atoms. The first-order valence-electron chi connectivity index (χ1n) is 7.48. The van der Waals surface area contributed by atoms with Crippen molar-refractivity contribution in [1.82, 2.24) is 0 Å². The normalized spacial score (nSPS) is 18.2. The van der Waals surface area contributed by atoms with Crippen LogP contribution in [0.25, 0.3) is 0 Å². The number of benzene rings is 1. The molecule has 1 aromatic carbocycles. The number of hydrogen-bond donors (Lipinski definition) is 0. The molecule has 1 fully saturated rings. The van der Waals surface area contributed by atoms with Gasteiger partial charge in [0.1, 0.15) is 5.60 Å². The number of Topliss-reactive ketones (excluding diaryl/α,β-unsaturated/α-hetero) is 1. The molecule has 2 heteroatoms. The molecule has 0 N–H and O–H groups in total. The Bertz CT molecular complexity index is 385. The minimum atomic E-state index is -0.470. The molecular formula is C17H24O2. The second-order valence-electron chi connectivity index (χ2n) is 5.40. The van der Waals surface area contributed by atoms with Crippen molar-refractivity contribution in [2.45, 2.75) is 57.5 Å². The SMILES string of the molecule is CCOC1(C(=O)CCc2ccccc2)CCCCC1. The number of carbonyl (C=O) groups is 1. The summed E-state index contributed by atoms with van der Waals surface area (Å²) in [5.74, 6) is 0.304. The van der Waals surface area contributed by atoms with Crippen molar-refractivity contribution in [3.05, 3.63) is 35.9 Å². The van der Waals surface area contributed by atoms with Crippen LogP contribution < -0.4 is 0 Å². The second-order valence-corrected chi connectivity index (χ2v) is 5.40. The van der Waals surface area contributed by atoms with Crippen LogP contribution in [0.1, 0.15) is 51.0 Å². The van der Waals surface area contributed by atoms with E-state index in [-0.39, 0.29) is 0 Å². The van der Waals surface area contributed by atoms with Gasteiger partial charge in [0.2, 0.25) is 0 Å². The van der Waals surface area contributed by atoms with Gasteiger partial charge in [0, 0.05) is 13.0 Å². The smallest absolute Gasteiger partial charge is 0.164 e. The van der Waals surface area contributed by atoms with Crippen LogP contribution in [-0.2, 0) is 16.0 Å². The van der Waals surface area contributed by atoms with Gasteiger partial charge >= 0.3 is 0 Å². The summed E-state index contributed by atoms with van der Waals surface area (Å²) in [5.41, 5.74) is 0.764. The summed E-state index contributed by atoms with van der Waals surface area (Å²) in [6, 6.07) is 10.2. The van der Waals surface area contributed by atoms with Crippen LogP contribution >= 0.6 is 0 Å². The van der Waals surface area contributed by atoms with Gasteiger partial charge in [-0.25, -0.2) is 0 Å². The fourth-order valence-electron chi connectivity index (χ4n) is 3.03. The molecule has 0 radical (unpaired) electrons. The number of ether oxygens (including phenoxy) is 1. The maximum absolute atomic E-state index is 12.6. The van der Waals surface area contributed by atoms with E-state index in [0.717, 1.165) is 32.1 Å². The van der Waals surface area contributed by atoms with Crippen molar-refractivity contribution in [2.24, 2.45) is 0 Å². The summed E-state index contributed by atoms with van der Waals surface area (Å²) in [6.45, 7) is 2.62.